The zero-order valence-electron chi connectivity index (χ0n) is 8.19. The summed E-state index contributed by atoms with van der Waals surface area (Å²) >= 11 is 0. The SMILES string of the molecule is N#CCCN(CCN)c1ccccc1. The van der Waals surface area contributed by atoms with E-state index in [-0.39, 0.29) is 0 Å². The van der Waals surface area contributed by atoms with Gasteiger partial charge in [0.15, 0.2) is 0 Å². The second-order valence-electron chi connectivity index (χ2n) is 3.02. The van der Waals surface area contributed by atoms with Crippen LogP contribution in [0.5, 0.6) is 0 Å². The lowest BCUT2D eigenvalue weighted by Crippen LogP contribution is -2.30. The maximum atomic E-state index is 8.52. The summed E-state index contributed by atoms with van der Waals surface area (Å²) in [6, 6.07) is 12.2. The minimum Gasteiger partial charge on any atom is -0.369 e. The minimum absolute atomic E-state index is 0.537. The van der Waals surface area contributed by atoms with E-state index in [1.54, 1.807) is 0 Å². The highest BCUT2D eigenvalue weighted by Gasteiger charge is 2.03. The monoisotopic (exact) mass is 189 g/mol. The van der Waals surface area contributed by atoms with Gasteiger partial charge in [0.25, 0.3) is 0 Å². The number of hydrogen-bond donors (Lipinski definition) is 1. The average molecular weight is 189 g/mol. The Kier molecular flexibility index (Phi) is 4.53. The molecule has 0 aliphatic carbocycles. The fourth-order valence-electron chi connectivity index (χ4n) is 1.35. The van der Waals surface area contributed by atoms with Crippen LogP contribution in [0.1, 0.15) is 6.42 Å². The maximum absolute atomic E-state index is 8.52. The average Bonchev–Trinajstić information content (AvgIpc) is 2.25. The standard InChI is InChI=1S/C11H15N3/c12-7-4-9-14(10-8-13)11-5-2-1-3-6-11/h1-3,5-6H,4,8-10,13H2. The highest BCUT2D eigenvalue weighted by molar-refractivity contribution is 5.45. The normalized spacial score (nSPS) is 9.43. The Morgan fingerprint density at radius 3 is 2.50 bits per heavy atom. The molecule has 3 heteroatoms. The molecule has 1 aromatic rings. The van der Waals surface area contributed by atoms with Crippen molar-refractivity contribution < 1.29 is 0 Å². The van der Waals surface area contributed by atoms with Gasteiger partial charge in [-0.25, -0.2) is 0 Å². The van der Waals surface area contributed by atoms with Crippen molar-refractivity contribution in [1.82, 2.24) is 0 Å². The highest BCUT2D eigenvalue weighted by Crippen LogP contribution is 2.12. The molecule has 0 atom stereocenters. The molecule has 1 rings (SSSR count). The number of anilines is 1. The van der Waals surface area contributed by atoms with E-state index in [1.807, 2.05) is 30.3 Å². The lowest BCUT2D eigenvalue weighted by atomic mass is 10.2. The molecule has 0 radical (unpaired) electrons. The van der Waals surface area contributed by atoms with Crippen molar-refractivity contribution in [2.75, 3.05) is 24.5 Å². The molecule has 2 N–H and O–H groups in total. The van der Waals surface area contributed by atoms with Gasteiger partial charge in [0.2, 0.25) is 0 Å². The Balaban J connectivity index is 2.63. The van der Waals surface area contributed by atoms with Gasteiger partial charge < -0.3 is 10.6 Å². The van der Waals surface area contributed by atoms with Crippen molar-refractivity contribution in [2.45, 2.75) is 6.42 Å². The summed E-state index contributed by atoms with van der Waals surface area (Å²) in [7, 11) is 0. The molecule has 0 spiro atoms. The van der Waals surface area contributed by atoms with Crippen LogP contribution in [0.25, 0.3) is 0 Å². The number of hydrogen-bond acceptors (Lipinski definition) is 3. The predicted molar refractivity (Wildman–Crippen MR) is 57.9 cm³/mol. The van der Waals surface area contributed by atoms with Gasteiger partial charge in [0.05, 0.1) is 12.5 Å². The van der Waals surface area contributed by atoms with Gasteiger partial charge in [-0.2, -0.15) is 5.26 Å². The summed E-state index contributed by atoms with van der Waals surface area (Å²) in [4.78, 5) is 2.13. The van der Waals surface area contributed by atoms with E-state index < -0.39 is 0 Å². The predicted octanol–water partition coefficient (Wildman–Crippen LogP) is 1.37. The first-order chi connectivity index (χ1) is 6.88. The molecule has 0 fully saturated rings. The van der Waals surface area contributed by atoms with E-state index in [0.29, 0.717) is 13.0 Å². The number of rotatable bonds is 5. The van der Waals surface area contributed by atoms with E-state index in [1.165, 1.54) is 0 Å². The summed E-state index contributed by atoms with van der Waals surface area (Å²) in [6.45, 7) is 2.16. The summed E-state index contributed by atoms with van der Waals surface area (Å²) in [5.74, 6) is 0. The van der Waals surface area contributed by atoms with Gasteiger partial charge >= 0.3 is 0 Å². The smallest absolute Gasteiger partial charge is 0.0640 e. The largest absolute Gasteiger partial charge is 0.369 e. The van der Waals surface area contributed by atoms with Crippen molar-refractivity contribution in [3.8, 4) is 6.07 Å². The second-order valence-corrected chi connectivity index (χ2v) is 3.02. The third-order valence-corrected chi connectivity index (χ3v) is 2.01. The van der Waals surface area contributed by atoms with Crippen molar-refractivity contribution in [1.29, 1.82) is 5.26 Å². The van der Waals surface area contributed by atoms with E-state index in [0.717, 1.165) is 18.8 Å². The molecule has 74 valence electrons. The van der Waals surface area contributed by atoms with Gasteiger partial charge in [0, 0.05) is 25.3 Å². The first-order valence-electron chi connectivity index (χ1n) is 4.75. The van der Waals surface area contributed by atoms with E-state index >= 15 is 0 Å². The molecule has 0 saturated carbocycles. The summed E-state index contributed by atoms with van der Waals surface area (Å²) in [5.41, 5.74) is 6.65. The van der Waals surface area contributed by atoms with Crippen LogP contribution in [0.2, 0.25) is 0 Å². The van der Waals surface area contributed by atoms with Crippen LogP contribution in [0.3, 0.4) is 0 Å². The van der Waals surface area contributed by atoms with Gasteiger partial charge in [-0.15, -0.1) is 0 Å². The van der Waals surface area contributed by atoms with Crippen molar-refractivity contribution in [3.05, 3.63) is 30.3 Å². The molecule has 0 aliphatic rings. The quantitative estimate of drug-likeness (QED) is 0.761. The number of benzene rings is 1. The number of para-hydroxylation sites is 1. The Bertz CT molecular complexity index is 289. The topological polar surface area (TPSA) is 53.0 Å². The molecule has 0 aliphatic heterocycles. The van der Waals surface area contributed by atoms with Crippen molar-refractivity contribution in [3.63, 3.8) is 0 Å². The lowest BCUT2D eigenvalue weighted by molar-refractivity contribution is 0.789. The molecule has 0 heterocycles. The first-order valence-corrected chi connectivity index (χ1v) is 4.75. The molecule has 0 aromatic heterocycles. The molecule has 0 saturated heterocycles. The zero-order valence-corrected chi connectivity index (χ0v) is 8.19. The fourth-order valence-corrected chi connectivity index (χ4v) is 1.35. The van der Waals surface area contributed by atoms with Crippen LogP contribution in [-0.4, -0.2) is 19.6 Å². The Morgan fingerprint density at radius 1 is 1.21 bits per heavy atom. The summed E-state index contributed by atoms with van der Waals surface area (Å²) in [6.07, 6.45) is 0.537. The Labute approximate surface area is 84.7 Å². The summed E-state index contributed by atoms with van der Waals surface area (Å²) in [5, 5.41) is 8.52. The molecule has 14 heavy (non-hydrogen) atoms. The molecule has 0 bridgehead atoms. The van der Waals surface area contributed by atoms with Crippen LogP contribution in [0, 0.1) is 11.3 Å². The first kappa shape index (κ1) is 10.6. The molecular formula is C11H15N3. The second kappa shape index (κ2) is 6.01. The van der Waals surface area contributed by atoms with Crippen LogP contribution in [-0.2, 0) is 0 Å². The van der Waals surface area contributed by atoms with Gasteiger partial charge in [-0.05, 0) is 12.1 Å². The highest BCUT2D eigenvalue weighted by atomic mass is 15.1. The van der Waals surface area contributed by atoms with E-state index in [9.17, 15) is 0 Å². The summed E-state index contributed by atoms with van der Waals surface area (Å²) < 4.78 is 0. The minimum atomic E-state index is 0.537. The molecule has 1 aromatic carbocycles. The van der Waals surface area contributed by atoms with Crippen molar-refractivity contribution >= 4 is 5.69 Å². The number of nitriles is 1. The van der Waals surface area contributed by atoms with Gasteiger partial charge in [-0.1, -0.05) is 18.2 Å². The van der Waals surface area contributed by atoms with E-state index in [4.69, 9.17) is 11.0 Å². The number of nitrogens with two attached hydrogens (primary N) is 1. The third kappa shape index (κ3) is 3.08. The molecule has 0 amide bonds. The third-order valence-electron chi connectivity index (χ3n) is 2.01. The molecular weight excluding hydrogens is 174 g/mol. The van der Waals surface area contributed by atoms with E-state index in [2.05, 4.69) is 11.0 Å². The zero-order chi connectivity index (χ0) is 10.2. The van der Waals surface area contributed by atoms with Crippen molar-refractivity contribution in [2.24, 2.45) is 5.73 Å². The molecule has 3 nitrogen and oxygen atoms in total. The van der Waals surface area contributed by atoms with Gasteiger partial charge in [0.1, 0.15) is 0 Å². The Morgan fingerprint density at radius 2 is 1.93 bits per heavy atom. The van der Waals surface area contributed by atoms with Crippen LogP contribution in [0.4, 0.5) is 5.69 Å². The van der Waals surface area contributed by atoms with Crippen LogP contribution >= 0.6 is 0 Å². The van der Waals surface area contributed by atoms with Crippen LogP contribution in [0.15, 0.2) is 30.3 Å². The lowest BCUT2D eigenvalue weighted by Gasteiger charge is -2.22. The fraction of sp³-hybridized carbons (Fsp3) is 0.364. The number of nitrogens with zero attached hydrogens (tertiary/aromatic N) is 2. The maximum Gasteiger partial charge on any atom is 0.0640 e. The Hall–Kier alpha value is -1.53. The van der Waals surface area contributed by atoms with Gasteiger partial charge in [-0.3, -0.25) is 0 Å². The van der Waals surface area contributed by atoms with Crippen LogP contribution < -0.4 is 10.6 Å². The molecule has 0 unspecified atom stereocenters.